The monoisotopic (exact) mass is 319 g/mol. The summed E-state index contributed by atoms with van der Waals surface area (Å²) in [5.74, 6) is 0.226. The fraction of sp³-hybridized carbons (Fsp3) is 0.667. The highest BCUT2D eigenvalue weighted by Gasteiger charge is 2.37. The number of aromatic nitrogens is 2. The second-order valence-corrected chi connectivity index (χ2v) is 6.49. The van der Waals surface area contributed by atoms with Crippen LogP contribution in [0.5, 0.6) is 0 Å². The van der Waals surface area contributed by atoms with Crippen molar-refractivity contribution in [2.24, 2.45) is 5.92 Å². The molecule has 1 unspecified atom stereocenters. The number of carbonyl (C=O) groups is 2. The fourth-order valence-electron chi connectivity index (χ4n) is 3.34. The predicted octanol–water partition coefficient (Wildman–Crippen LogP) is 0.175. The molecule has 1 aromatic rings. The van der Waals surface area contributed by atoms with Crippen LogP contribution in [-0.2, 0) is 9.53 Å². The standard InChI is InChI=1S/C15H21N5O3/c1-17-3-4-19(15(17)22)12-6-16-20(9-12)13-7-18(8-13)14(21)11-2-5-23-10-11/h6,9,11,13H,2-5,7-8,10H2,1H3. The van der Waals surface area contributed by atoms with E-state index in [4.69, 9.17) is 4.74 Å². The van der Waals surface area contributed by atoms with Gasteiger partial charge >= 0.3 is 6.03 Å². The van der Waals surface area contributed by atoms with Crippen LogP contribution in [-0.4, -0.2) is 78.0 Å². The van der Waals surface area contributed by atoms with Gasteiger partial charge in [0.15, 0.2) is 0 Å². The number of hydrogen-bond acceptors (Lipinski definition) is 4. The van der Waals surface area contributed by atoms with Crippen molar-refractivity contribution in [3.05, 3.63) is 12.4 Å². The van der Waals surface area contributed by atoms with Gasteiger partial charge in [-0.2, -0.15) is 5.10 Å². The minimum Gasteiger partial charge on any atom is -0.381 e. The van der Waals surface area contributed by atoms with Crippen LogP contribution < -0.4 is 4.90 Å². The van der Waals surface area contributed by atoms with Crippen molar-refractivity contribution in [3.63, 3.8) is 0 Å². The number of amides is 3. The topological polar surface area (TPSA) is 70.9 Å². The van der Waals surface area contributed by atoms with Crippen LogP contribution in [0, 0.1) is 5.92 Å². The Morgan fingerprint density at radius 2 is 2.17 bits per heavy atom. The zero-order valence-corrected chi connectivity index (χ0v) is 13.2. The summed E-state index contributed by atoms with van der Waals surface area (Å²) >= 11 is 0. The predicted molar refractivity (Wildman–Crippen MR) is 82.1 cm³/mol. The van der Waals surface area contributed by atoms with Crippen molar-refractivity contribution in [2.45, 2.75) is 12.5 Å². The average Bonchev–Trinajstić information content (AvgIpc) is 3.20. The lowest BCUT2D eigenvalue weighted by molar-refractivity contribution is -0.141. The van der Waals surface area contributed by atoms with Crippen LogP contribution in [0.3, 0.4) is 0 Å². The average molecular weight is 319 g/mol. The fourth-order valence-corrected chi connectivity index (χ4v) is 3.34. The van der Waals surface area contributed by atoms with Gasteiger partial charge in [0.1, 0.15) is 0 Å². The number of ether oxygens (including phenoxy) is 1. The Bertz CT molecular complexity index is 618. The smallest absolute Gasteiger partial charge is 0.324 e. The number of carbonyl (C=O) groups excluding carboxylic acids is 2. The van der Waals surface area contributed by atoms with Gasteiger partial charge < -0.3 is 14.5 Å². The lowest BCUT2D eigenvalue weighted by atomic mass is 10.0. The molecule has 3 aliphatic rings. The Labute approximate surface area is 134 Å². The van der Waals surface area contributed by atoms with Gasteiger partial charge in [-0.25, -0.2) is 4.79 Å². The minimum absolute atomic E-state index is 0.0104. The molecule has 1 aromatic heterocycles. The third-order valence-electron chi connectivity index (χ3n) is 4.94. The van der Waals surface area contributed by atoms with Crippen LogP contribution in [0.15, 0.2) is 12.4 Å². The molecule has 3 amide bonds. The molecule has 3 saturated heterocycles. The number of anilines is 1. The lowest BCUT2D eigenvalue weighted by Crippen LogP contribution is -2.52. The summed E-state index contributed by atoms with van der Waals surface area (Å²) in [5, 5.41) is 4.38. The number of rotatable bonds is 3. The van der Waals surface area contributed by atoms with Crippen LogP contribution >= 0.6 is 0 Å². The van der Waals surface area contributed by atoms with Crippen LogP contribution in [0.2, 0.25) is 0 Å². The van der Waals surface area contributed by atoms with E-state index in [9.17, 15) is 9.59 Å². The molecule has 0 aliphatic carbocycles. The first-order valence-corrected chi connectivity index (χ1v) is 8.07. The molecular weight excluding hydrogens is 298 g/mol. The van der Waals surface area contributed by atoms with Crippen LogP contribution in [0.1, 0.15) is 12.5 Å². The third-order valence-corrected chi connectivity index (χ3v) is 4.94. The molecule has 3 aliphatic heterocycles. The Kier molecular flexibility index (Phi) is 3.48. The van der Waals surface area contributed by atoms with Gasteiger partial charge in [-0.3, -0.25) is 14.4 Å². The molecule has 4 rings (SSSR count). The largest absolute Gasteiger partial charge is 0.381 e. The summed E-state index contributed by atoms with van der Waals surface area (Å²) < 4.78 is 7.15. The van der Waals surface area contributed by atoms with Crippen LogP contribution in [0.25, 0.3) is 0 Å². The Balaban J connectivity index is 1.36. The van der Waals surface area contributed by atoms with Gasteiger partial charge in [0.05, 0.1) is 30.5 Å². The SMILES string of the molecule is CN1CCN(c2cnn(C3CN(C(=O)C4CCOC4)C3)c2)C1=O. The highest BCUT2D eigenvalue weighted by Crippen LogP contribution is 2.27. The molecule has 0 aromatic carbocycles. The second kappa shape index (κ2) is 5.52. The van der Waals surface area contributed by atoms with Gasteiger partial charge in [0.25, 0.3) is 0 Å². The first-order valence-electron chi connectivity index (χ1n) is 8.07. The molecule has 0 bridgehead atoms. The van der Waals surface area contributed by atoms with E-state index in [1.165, 1.54) is 0 Å². The molecule has 8 nitrogen and oxygen atoms in total. The minimum atomic E-state index is 0.0104. The molecule has 0 spiro atoms. The first-order chi connectivity index (χ1) is 11.1. The van der Waals surface area contributed by atoms with E-state index in [2.05, 4.69) is 5.10 Å². The maximum Gasteiger partial charge on any atom is 0.324 e. The quantitative estimate of drug-likeness (QED) is 0.796. The molecule has 0 N–H and O–H groups in total. The van der Waals surface area contributed by atoms with E-state index >= 15 is 0 Å². The normalized spacial score (nSPS) is 25.3. The highest BCUT2D eigenvalue weighted by atomic mass is 16.5. The summed E-state index contributed by atoms with van der Waals surface area (Å²) in [6.45, 7) is 4.04. The zero-order valence-electron chi connectivity index (χ0n) is 13.2. The van der Waals surface area contributed by atoms with Crippen molar-refractivity contribution in [2.75, 3.05) is 51.3 Å². The van der Waals surface area contributed by atoms with Gasteiger partial charge in [0.2, 0.25) is 5.91 Å². The van der Waals surface area contributed by atoms with Gasteiger partial charge in [-0.05, 0) is 6.42 Å². The van der Waals surface area contributed by atoms with Gasteiger partial charge in [0, 0.05) is 46.0 Å². The maximum absolute atomic E-state index is 12.3. The van der Waals surface area contributed by atoms with Crippen molar-refractivity contribution in [1.29, 1.82) is 0 Å². The van der Waals surface area contributed by atoms with E-state index in [-0.39, 0.29) is 23.9 Å². The Morgan fingerprint density at radius 3 is 2.83 bits per heavy atom. The summed E-state index contributed by atoms with van der Waals surface area (Å²) in [6, 6.07) is 0.210. The maximum atomic E-state index is 12.3. The molecule has 4 heterocycles. The van der Waals surface area contributed by atoms with E-state index in [1.54, 1.807) is 23.0 Å². The van der Waals surface area contributed by atoms with Crippen molar-refractivity contribution in [3.8, 4) is 0 Å². The summed E-state index contributed by atoms with van der Waals surface area (Å²) in [4.78, 5) is 29.6. The molecule has 0 saturated carbocycles. The van der Waals surface area contributed by atoms with Crippen molar-refractivity contribution >= 4 is 17.6 Å². The first kappa shape index (κ1) is 14.5. The number of likely N-dealkylation sites (tertiary alicyclic amines) is 1. The van der Waals surface area contributed by atoms with E-state index < -0.39 is 0 Å². The number of urea groups is 1. The lowest BCUT2D eigenvalue weighted by Gasteiger charge is -2.40. The molecule has 23 heavy (non-hydrogen) atoms. The van der Waals surface area contributed by atoms with Crippen molar-refractivity contribution in [1.82, 2.24) is 19.6 Å². The van der Waals surface area contributed by atoms with Crippen LogP contribution in [0.4, 0.5) is 10.5 Å². The summed E-state index contributed by atoms with van der Waals surface area (Å²) in [7, 11) is 1.80. The van der Waals surface area contributed by atoms with E-state index in [0.29, 0.717) is 32.8 Å². The number of likely N-dealkylation sites (N-methyl/N-ethyl adjacent to an activating group) is 1. The molecular formula is C15H21N5O3. The Hall–Kier alpha value is -2.09. The van der Waals surface area contributed by atoms with Gasteiger partial charge in [-0.1, -0.05) is 0 Å². The number of hydrogen-bond donors (Lipinski definition) is 0. The molecule has 0 radical (unpaired) electrons. The third kappa shape index (κ3) is 2.46. The molecule has 124 valence electrons. The molecule has 3 fully saturated rings. The second-order valence-electron chi connectivity index (χ2n) is 6.49. The van der Waals surface area contributed by atoms with Gasteiger partial charge in [-0.15, -0.1) is 0 Å². The van der Waals surface area contributed by atoms with E-state index in [0.717, 1.165) is 18.7 Å². The summed E-state index contributed by atoms with van der Waals surface area (Å²) in [5.41, 5.74) is 0.827. The van der Waals surface area contributed by atoms with E-state index in [1.807, 2.05) is 15.8 Å². The Morgan fingerprint density at radius 1 is 1.35 bits per heavy atom. The number of nitrogens with zero attached hydrogens (tertiary/aromatic N) is 5. The van der Waals surface area contributed by atoms with Crippen molar-refractivity contribution < 1.29 is 14.3 Å². The zero-order chi connectivity index (χ0) is 16.0. The molecule has 8 heteroatoms. The highest BCUT2D eigenvalue weighted by molar-refractivity contribution is 5.93. The molecule has 1 atom stereocenters. The summed E-state index contributed by atoms with van der Waals surface area (Å²) in [6.07, 6.45) is 4.46.